The molecule has 0 aromatic heterocycles. The lowest BCUT2D eigenvalue weighted by Crippen LogP contribution is -2.21. The van der Waals surface area contributed by atoms with Crippen LogP contribution in [0.5, 0.6) is 0 Å². The quantitative estimate of drug-likeness (QED) is 0.660. The van der Waals surface area contributed by atoms with E-state index in [1.165, 1.54) is 5.06 Å². The van der Waals surface area contributed by atoms with Gasteiger partial charge < -0.3 is 9.84 Å². The highest BCUT2D eigenvalue weighted by Gasteiger charge is 2.43. The minimum atomic E-state index is -1.05. The zero-order chi connectivity index (χ0) is 13.1. The van der Waals surface area contributed by atoms with Gasteiger partial charge in [0.2, 0.25) is 6.41 Å². The average Bonchev–Trinajstić information content (AvgIpc) is 3.27. The molecule has 2 aromatic carbocycles. The van der Waals surface area contributed by atoms with Gasteiger partial charge in [-0.15, -0.1) is 0 Å². The van der Waals surface area contributed by atoms with Gasteiger partial charge in [0.1, 0.15) is 0 Å². The monoisotopic (exact) mass is 257 g/mol. The first kappa shape index (κ1) is 12.3. The number of aliphatic hydroxyl groups excluding tert-OH is 1. The molecule has 0 radical (unpaired) electrons. The Balaban J connectivity index is 1.52. The number of hydroxylamine groups is 2. The van der Waals surface area contributed by atoms with Crippen LogP contribution in [0.2, 0.25) is 0 Å². The molecule has 0 amide bonds. The molecule has 1 N–H and O–H groups in total. The number of hydrogen-bond acceptors (Lipinski definition) is 4. The Morgan fingerprint density at radius 2 is 1.68 bits per heavy atom. The van der Waals surface area contributed by atoms with Gasteiger partial charge in [-0.1, -0.05) is 65.7 Å². The third kappa shape index (κ3) is 3.00. The fourth-order valence-electron chi connectivity index (χ4n) is 1.90. The molecule has 98 valence electrons. The molecule has 0 aliphatic carbocycles. The maximum atomic E-state index is 9.86. The zero-order valence-electron chi connectivity index (χ0n) is 10.3. The van der Waals surface area contributed by atoms with Crippen molar-refractivity contribution in [2.24, 2.45) is 0 Å². The SMILES string of the molecule is OC(OCc1ccccc1)N1OC1c1ccccc1. The number of nitrogens with zero attached hydrogens (tertiary/aromatic N) is 1. The fraction of sp³-hybridized carbons (Fsp3) is 0.200. The summed E-state index contributed by atoms with van der Waals surface area (Å²) in [6, 6.07) is 19.4. The first-order valence-corrected chi connectivity index (χ1v) is 6.18. The lowest BCUT2D eigenvalue weighted by Gasteiger charge is -2.10. The summed E-state index contributed by atoms with van der Waals surface area (Å²) in [6.45, 7) is 0.351. The van der Waals surface area contributed by atoms with Crippen molar-refractivity contribution >= 4 is 0 Å². The lowest BCUT2D eigenvalue weighted by molar-refractivity contribution is -0.202. The molecule has 1 heterocycles. The highest BCUT2D eigenvalue weighted by atomic mass is 16.9. The molecular weight excluding hydrogens is 242 g/mol. The van der Waals surface area contributed by atoms with Crippen LogP contribution in [0.15, 0.2) is 60.7 Å². The minimum Gasteiger partial charge on any atom is -0.354 e. The number of benzene rings is 2. The molecule has 19 heavy (non-hydrogen) atoms. The van der Waals surface area contributed by atoms with E-state index >= 15 is 0 Å². The second-order valence-electron chi connectivity index (χ2n) is 4.35. The van der Waals surface area contributed by atoms with Gasteiger partial charge >= 0.3 is 0 Å². The van der Waals surface area contributed by atoms with E-state index in [9.17, 15) is 5.11 Å². The molecule has 4 heteroatoms. The maximum absolute atomic E-state index is 9.86. The van der Waals surface area contributed by atoms with Crippen LogP contribution < -0.4 is 0 Å². The van der Waals surface area contributed by atoms with Crippen LogP contribution in [-0.4, -0.2) is 16.6 Å². The van der Waals surface area contributed by atoms with Crippen LogP contribution in [0.1, 0.15) is 17.4 Å². The number of aliphatic hydroxyl groups is 1. The highest BCUT2D eigenvalue weighted by Crippen LogP contribution is 2.38. The summed E-state index contributed by atoms with van der Waals surface area (Å²) in [5, 5.41) is 11.3. The van der Waals surface area contributed by atoms with Gasteiger partial charge in [-0.05, 0) is 11.1 Å². The van der Waals surface area contributed by atoms with Crippen molar-refractivity contribution in [1.29, 1.82) is 0 Å². The summed E-state index contributed by atoms with van der Waals surface area (Å²) in [7, 11) is 0. The normalized spacial score (nSPS) is 23.0. The predicted molar refractivity (Wildman–Crippen MR) is 69.3 cm³/mol. The van der Waals surface area contributed by atoms with Gasteiger partial charge in [0.15, 0.2) is 6.23 Å². The van der Waals surface area contributed by atoms with Crippen LogP contribution in [-0.2, 0) is 16.2 Å². The average molecular weight is 257 g/mol. The van der Waals surface area contributed by atoms with Gasteiger partial charge in [-0.25, -0.2) is 0 Å². The Morgan fingerprint density at radius 1 is 1.05 bits per heavy atom. The first-order valence-electron chi connectivity index (χ1n) is 6.18. The third-order valence-corrected chi connectivity index (χ3v) is 2.95. The summed E-state index contributed by atoms with van der Waals surface area (Å²) in [6.07, 6.45) is -1.27. The zero-order valence-corrected chi connectivity index (χ0v) is 10.3. The Morgan fingerprint density at radius 3 is 2.37 bits per heavy atom. The summed E-state index contributed by atoms with van der Waals surface area (Å²) < 4.78 is 5.36. The Kier molecular flexibility index (Phi) is 3.57. The second-order valence-corrected chi connectivity index (χ2v) is 4.35. The highest BCUT2D eigenvalue weighted by molar-refractivity contribution is 5.18. The van der Waals surface area contributed by atoms with Crippen molar-refractivity contribution < 1.29 is 14.7 Å². The third-order valence-electron chi connectivity index (χ3n) is 2.95. The van der Waals surface area contributed by atoms with Crippen molar-refractivity contribution in [2.45, 2.75) is 19.2 Å². The van der Waals surface area contributed by atoms with E-state index in [0.29, 0.717) is 6.61 Å². The molecule has 1 fully saturated rings. The standard InChI is InChI=1S/C15H15NO3/c17-15(18-11-12-7-3-1-4-8-12)16-14(19-16)13-9-5-2-6-10-13/h1-10,14-15,17H,11H2. The predicted octanol–water partition coefficient (Wildman–Crippen LogP) is 2.43. The van der Waals surface area contributed by atoms with Gasteiger partial charge in [0, 0.05) is 0 Å². The summed E-state index contributed by atoms with van der Waals surface area (Å²) in [5.74, 6) is 0. The van der Waals surface area contributed by atoms with E-state index in [2.05, 4.69) is 0 Å². The fourth-order valence-corrected chi connectivity index (χ4v) is 1.90. The summed E-state index contributed by atoms with van der Waals surface area (Å²) in [4.78, 5) is 5.31. The van der Waals surface area contributed by atoms with E-state index in [0.717, 1.165) is 11.1 Å². The molecule has 1 aliphatic rings. The number of hydrogen-bond donors (Lipinski definition) is 1. The minimum absolute atomic E-state index is 0.216. The molecule has 3 unspecified atom stereocenters. The van der Waals surface area contributed by atoms with Crippen LogP contribution in [0.4, 0.5) is 0 Å². The second kappa shape index (κ2) is 5.50. The smallest absolute Gasteiger partial charge is 0.241 e. The van der Waals surface area contributed by atoms with E-state index in [1.807, 2.05) is 60.7 Å². The molecule has 1 aliphatic heterocycles. The van der Waals surface area contributed by atoms with Crippen LogP contribution in [0.3, 0.4) is 0 Å². The van der Waals surface area contributed by atoms with Gasteiger partial charge in [0.25, 0.3) is 0 Å². The van der Waals surface area contributed by atoms with Crippen LogP contribution >= 0.6 is 0 Å². The molecule has 3 rings (SSSR count). The Bertz CT molecular complexity index is 517. The van der Waals surface area contributed by atoms with E-state index in [1.54, 1.807) is 0 Å². The molecule has 0 bridgehead atoms. The topological polar surface area (TPSA) is 45.0 Å². The van der Waals surface area contributed by atoms with Crippen molar-refractivity contribution in [3.63, 3.8) is 0 Å². The Hall–Kier alpha value is -1.72. The van der Waals surface area contributed by atoms with Gasteiger partial charge in [-0.3, -0.25) is 4.84 Å². The largest absolute Gasteiger partial charge is 0.354 e. The maximum Gasteiger partial charge on any atom is 0.241 e. The molecule has 0 saturated carbocycles. The summed E-state index contributed by atoms with van der Waals surface area (Å²) >= 11 is 0. The van der Waals surface area contributed by atoms with E-state index in [-0.39, 0.29) is 6.23 Å². The van der Waals surface area contributed by atoms with Gasteiger partial charge in [0.05, 0.1) is 6.61 Å². The first-order chi connectivity index (χ1) is 9.34. The van der Waals surface area contributed by atoms with Gasteiger partial charge in [-0.2, -0.15) is 0 Å². The van der Waals surface area contributed by atoms with Crippen molar-refractivity contribution in [2.75, 3.05) is 0 Å². The van der Waals surface area contributed by atoms with Crippen LogP contribution in [0.25, 0.3) is 0 Å². The molecule has 3 atom stereocenters. The van der Waals surface area contributed by atoms with Crippen molar-refractivity contribution in [3.8, 4) is 0 Å². The lowest BCUT2D eigenvalue weighted by atomic mass is 10.2. The molecular formula is C15H15NO3. The van der Waals surface area contributed by atoms with E-state index in [4.69, 9.17) is 9.57 Å². The Labute approximate surface area is 111 Å². The number of ether oxygens (including phenoxy) is 1. The molecule has 0 spiro atoms. The molecule has 1 saturated heterocycles. The van der Waals surface area contributed by atoms with Crippen LogP contribution in [0, 0.1) is 0 Å². The summed E-state index contributed by atoms with van der Waals surface area (Å²) in [5.41, 5.74) is 2.02. The van der Waals surface area contributed by atoms with Crippen molar-refractivity contribution in [1.82, 2.24) is 5.06 Å². The number of rotatable bonds is 5. The van der Waals surface area contributed by atoms with E-state index < -0.39 is 6.41 Å². The molecule has 2 aromatic rings. The molecule has 4 nitrogen and oxygen atoms in total. The van der Waals surface area contributed by atoms with Crippen molar-refractivity contribution in [3.05, 3.63) is 71.8 Å².